The Morgan fingerprint density at radius 3 is 2.88 bits per heavy atom. The summed E-state index contributed by atoms with van der Waals surface area (Å²) >= 11 is 0. The largest absolute Gasteiger partial charge is 0.355 e. The molecule has 0 spiro atoms. The van der Waals surface area contributed by atoms with E-state index in [-0.39, 0.29) is 0 Å². The molecular formula is C16H15N. The summed E-state index contributed by atoms with van der Waals surface area (Å²) in [6.45, 7) is 6.26. The van der Waals surface area contributed by atoms with Gasteiger partial charge in [0.25, 0.3) is 0 Å². The topological polar surface area (TPSA) is 12.0 Å². The molecule has 0 radical (unpaired) electrons. The van der Waals surface area contributed by atoms with Gasteiger partial charge in [-0.3, -0.25) is 0 Å². The maximum absolute atomic E-state index is 4.09. The van der Waals surface area contributed by atoms with Crippen LogP contribution in [0.5, 0.6) is 0 Å². The Kier molecular flexibility index (Phi) is 2.25. The molecule has 1 aliphatic carbocycles. The SMILES string of the molecule is C=C1C=C2Nc3ccccc3C=CC2=CC1C. The van der Waals surface area contributed by atoms with Crippen LogP contribution >= 0.6 is 0 Å². The molecule has 0 fully saturated rings. The number of benzene rings is 1. The van der Waals surface area contributed by atoms with Gasteiger partial charge in [0, 0.05) is 11.4 Å². The number of allylic oxidation sites excluding steroid dienone is 4. The lowest BCUT2D eigenvalue weighted by atomic mass is 9.91. The van der Waals surface area contributed by atoms with Crippen LogP contribution in [-0.2, 0) is 0 Å². The molecule has 84 valence electrons. The molecule has 0 aromatic heterocycles. The first-order valence-corrected chi connectivity index (χ1v) is 5.91. The number of hydrogen-bond donors (Lipinski definition) is 1. The van der Waals surface area contributed by atoms with Crippen molar-refractivity contribution in [3.63, 3.8) is 0 Å². The second kappa shape index (κ2) is 3.77. The van der Waals surface area contributed by atoms with E-state index in [1.165, 1.54) is 11.1 Å². The monoisotopic (exact) mass is 221 g/mol. The summed E-state index contributed by atoms with van der Waals surface area (Å²) in [5, 5.41) is 3.48. The lowest BCUT2D eigenvalue weighted by Gasteiger charge is -2.20. The van der Waals surface area contributed by atoms with Gasteiger partial charge in [0.2, 0.25) is 0 Å². The van der Waals surface area contributed by atoms with Crippen molar-refractivity contribution >= 4 is 11.8 Å². The first kappa shape index (κ1) is 10.2. The van der Waals surface area contributed by atoms with Crippen LogP contribution in [0.25, 0.3) is 6.08 Å². The molecule has 1 aromatic rings. The van der Waals surface area contributed by atoms with Crippen molar-refractivity contribution in [3.05, 3.63) is 71.5 Å². The Morgan fingerprint density at radius 1 is 1.18 bits per heavy atom. The minimum absolute atomic E-state index is 0.418. The lowest BCUT2D eigenvalue weighted by Crippen LogP contribution is -2.08. The molecule has 1 nitrogen and oxygen atoms in total. The summed E-state index contributed by atoms with van der Waals surface area (Å²) in [5.74, 6) is 0.418. The zero-order valence-corrected chi connectivity index (χ0v) is 9.90. The van der Waals surface area contributed by atoms with E-state index in [9.17, 15) is 0 Å². The van der Waals surface area contributed by atoms with Crippen LogP contribution in [0.2, 0.25) is 0 Å². The van der Waals surface area contributed by atoms with Crippen LogP contribution < -0.4 is 5.32 Å². The smallest absolute Gasteiger partial charge is 0.0457 e. The first-order chi connectivity index (χ1) is 8.24. The molecular weight excluding hydrogens is 206 g/mol. The molecule has 1 heteroatoms. The van der Waals surface area contributed by atoms with Crippen LogP contribution in [-0.4, -0.2) is 0 Å². The predicted octanol–water partition coefficient (Wildman–Crippen LogP) is 4.14. The van der Waals surface area contributed by atoms with Crippen LogP contribution in [0.15, 0.2) is 65.9 Å². The molecule has 0 bridgehead atoms. The molecule has 0 saturated carbocycles. The average Bonchev–Trinajstić information content (AvgIpc) is 2.49. The van der Waals surface area contributed by atoms with Gasteiger partial charge in [0.05, 0.1) is 0 Å². The van der Waals surface area contributed by atoms with Gasteiger partial charge in [-0.2, -0.15) is 0 Å². The number of rotatable bonds is 0. The highest BCUT2D eigenvalue weighted by Gasteiger charge is 2.16. The molecule has 1 atom stereocenters. The Hall–Kier alpha value is -2.02. The molecule has 1 unspecified atom stereocenters. The van der Waals surface area contributed by atoms with Gasteiger partial charge in [-0.05, 0) is 34.8 Å². The van der Waals surface area contributed by atoms with Crippen LogP contribution in [0.4, 0.5) is 5.69 Å². The van der Waals surface area contributed by atoms with E-state index < -0.39 is 0 Å². The van der Waals surface area contributed by atoms with E-state index in [4.69, 9.17) is 0 Å². The fourth-order valence-corrected chi connectivity index (χ4v) is 2.20. The number of fused-ring (bicyclic) bond motifs is 2. The van der Waals surface area contributed by atoms with Crippen molar-refractivity contribution in [1.29, 1.82) is 0 Å². The second-order valence-corrected chi connectivity index (χ2v) is 4.59. The van der Waals surface area contributed by atoms with Crippen molar-refractivity contribution in [2.24, 2.45) is 5.92 Å². The maximum atomic E-state index is 4.09. The highest BCUT2D eigenvalue weighted by atomic mass is 14.9. The van der Waals surface area contributed by atoms with Gasteiger partial charge < -0.3 is 5.32 Å². The van der Waals surface area contributed by atoms with Crippen molar-refractivity contribution in [3.8, 4) is 0 Å². The summed E-state index contributed by atoms with van der Waals surface area (Å²) in [7, 11) is 0. The third kappa shape index (κ3) is 1.74. The molecule has 17 heavy (non-hydrogen) atoms. The van der Waals surface area contributed by atoms with Crippen molar-refractivity contribution < 1.29 is 0 Å². The standard InChI is InChI=1S/C16H15N/c1-11-9-14-8-7-13-5-3-4-6-15(13)17-16(14)10-12(11)2/h3-11,17H,2H2,1H3. The van der Waals surface area contributed by atoms with E-state index in [1.807, 2.05) is 0 Å². The Morgan fingerprint density at radius 2 is 2.00 bits per heavy atom. The van der Waals surface area contributed by atoms with Gasteiger partial charge >= 0.3 is 0 Å². The number of hydrogen-bond acceptors (Lipinski definition) is 1. The molecule has 1 aliphatic heterocycles. The molecule has 3 rings (SSSR count). The molecule has 2 aliphatic rings. The van der Waals surface area contributed by atoms with E-state index in [2.05, 4.69) is 67.4 Å². The number of nitrogens with one attached hydrogen (secondary N) is 1. The van der Waals surface area contributed by atoms with Gasteiger partial charge in [-0.25, -0.2) is 0 Å². The maximum Gasteiger partial charge on any atom is 0.0457 e. The van der Waals surface area contributed by atoms with Crippen LogP contribution in [0.3, 0.4) is 0 Å². The van der Waals surface area contributed by atoms with Crippen molar-refractivity contribution in [2.45, 2.75) is 6.92 Å². The minimum Gasteiger partial charge on any atom is -0.355 e. The van der Waals surface area contributed by atoms with Crippen LogP contribution in [0, 0.1) is 5.92 Å². The second-order valence-electron chi connectivity index (χ2n) is 4.59. The molecule has 1 heterocycles. The summed E-state index contributed by atoms with van der Waals surface area (Å²) in [4.78, 5) is 0. The minimum atomic E-state index is 0.418. The summed E-state index contributed by atoms with van der Waals surface area (Å²) < 4.78 is 0. The molecule has 1 aromatic carbocycles. The van der Waals surface area contributed by atoms with Gasteiger partial charge in [-0.15, -0.1) is 0 Å². The third-order valence-corrected chi connectivity index (χ3v) is 3.33. The van der Waals surface area contributed by atoms with Gasteiger partial charge in [-0.1, -0.05) is 49.9 Å². The van der Waals surface area contributed by atoms with Crippen molar-refractivity contribution in [1.82, 2.24) is 0 Å². The zero-order valence-electron chi connectivity index (χ0n) is 9.90. The Balaban J connectivity index is 2.10. The fraction of sp³-hybridized carbons (Fsp3) is 0.125. The zero-order chi connectivity index (χ0) is 11.8. The van der Waals surface area contributed by atoms with E-state index in [1.54, 1.807) is 0 Å². The Labute approximate surface area is 102 Å². The lowest BCUT2D eigenvalue weighted by molar-refractivity contribution is 0.874. The summed E-state index contributed by atoms with van der Waals surface area (Å²) in [6, 6.07) is 8.33. The number of para-hydroxylation sites is 1. The van der Waals surface area contributed by atoms with E-state index in [0.717, 1.165) is 17.0 Å². The van der Waals surface area contributed by atoms with Gasteiger partial charge in [0.1, 0.15) is 0 Å². The summed E-state index contributed by atoms with van der Waals surface area (Å²) in [6.07, 6.45) is 8.74. The highest BCUT2D eigenvalue weighted by molar-refractivity contribution is 5.76. The van der Waals surface area contributed by atoms with E-state index >= 15 is 0 Å². The Bertz CT molecular complexity index is 573. The average molecular weight is 221 g/mol. The van der Waals surface area contributed by atoms with E-state index in [0.29, 0.717) is 5.92 Å². The molecule has 0 amide bonds. The van der Waals surface area contributed by atoms with Gasteiger partial charge in [0.15, 0.2) is 0 Å². The third-order valence-electron chi connectivity index (χ3n) is 3.33. The predicted molar refractivity (Wildman–Crippen MR) is 73.6 cm³/mol. The van der Waals surface area contributed by atoms with Crippen LogP contribution in [0.1, 0.15) is 12.5 Å². The fourth-order valence-electron chi connectivity index (χ4n) is 2.20. The highest BCUT2D eigenvalue weighted by Crippen LogP contribution is 2.32. The molecule has 1 N–H and O–H groups in total. The summed E-state index contributed by atoms with van der Waals surface area (Å²) in [5.41, 5.74) is 5.93. The molecule has 0 saturated heterocycles. The normalized spacial score (nSPS) is 21.7. The quantitative estimate of drug-likeness (QED) is 0.694. The van der Waals surface area contributed by atoms with Crippen molar-refractivity contribution in [2.75, 3.05) is 5.32 Å². The first-order valence-electron chi connectivity index (χ1n) is 5.91. The number of anilines is 1.